The molecule has 14 heavy (non-hydrogen) atoms. The van der Waals surface area contributed by atoms with Crippen molar-refractivity contribution in [3.63, 3.8) is 0 Å². The Labute approximate surface area is 83.9 Å². The predicted molar refractivity (Wildman–Crippen MR) is 51.4 cm³/mol. The van der Waals surface area contributed by atoms with E-state index in [1.807, 2.05) is 13.8 Å². The zero-order valence-electron chi connectivity index (χ0n) is 8.39. The van der Waals surface area contributed by atoms with Crippen LogP contribution in [0, 0.1) is 5.92 Å². The zero-order chi connectivity index (χ0) is 11.2. The zero-order valence-corrected chi connectivity index (χ0v) is 9.21. The molecule has 0 aromatic carbocycles. The Bertz CT molecular complexity index is 267. The van der Waals surface area contributed by atoms with Crippen molar-refractivity contribution >= 4 is 15.8 Å². The van der Waals surface area contributed by atoms with E-state index in [0.29, 0.717) is 12.3 Å². The third kappa shape index (κ3) is 6.85. The van der Waals surface area contributed by atoms with Gasteiger partial charge in [0, 0.05) is 0 Å². The minimum Gasteiger partial charge on any atom is -0.301 e. The molecule has 0 rings (SSSR count). The van der Waals surface area contributed by atoms with E-state index in [0.717, 1.165) is 0 Å². The first kappa shape index (κ1) is 13.4. The normalized spacial score (nSPS) is 11.7. The summed E-state index contributed by atoms with van der Waals surface area (Å²) >= 11 is 0. The lowest BCUT2D eigenvalue weighted by molar-refractivity contribution is -0.233. The summed E-state index contributed by atoms with van der Waals surface area (Å²) in [7, 11) is -3.19. The number of rotatable bonds is 6. The van der Waals surface area contributed by atoms with Gasteiger partial charge in [0.2, 0.25) is 0 Å². The number of carbonyl (C=O) groups is 1. The van der Waals surface area contributed by atoms with E-state index in [1.54, 1.807) is 0 Å². The lowest BCUT2D eigenvalue weighted by Crippen LogP contribution is -2.16. The van der Waals surface area contributed by atoms with Crippen LogP contribution in [0.25, 0.3) is 0 Å². The SMILES string of the molecule is CC(C)CCS(=O)(=O)CCC(=O)OO. The second-order valence-corrected chi connectivity index (χ2v) is 5.85. The third-order valence-corrected chi connectivity index (χ3v) is 3.41. The van der Waals surface area contributed by atoms with E-state index in [9.17, 15) is 13.2 Å². The second-order valence-electron chi connectivity index (χ2n) is 3.55. The Morgan fingerprint density at radius 3 is 2.36 bits per heavy atom. The molecule has 0 aromatic heterocycles. The number of hydrogen-bond donors (Lipinski definition) is 1. The summed E-state index contributed by atoms with van der Waals surface area (Å²) in [5.41, 5.74) is 0. The molecule has 1 N–H and O–H groups in total. The molecule has 0 spiro atoms. The van der Waals surface area contributed by atoms with Crippen LogP contribution in [0.3, 0.4) is 0 Å². The highest BCUT2D eigenvalue weighted by Gasteiger charge is 2.14. The first-order valence-electron chi connectivity index (χ1n) is 4.42. The van der Waals surface area contributed by atoms with Gasteiger partial charge in [-0.1, -0.05) is 13.8 Å². The number of sulfone groups is 1. The highest BCUT2D eigenvalue weighted by Crippen LogP contribution is 2.04. The van der Waals surface area contributed by atoms with Crippen LogP contribution in [0.15, 0.2) is 0 Å². The van der Waals surface area contributed by atoms with Crippen molar-refractivity contribution in [1.82, 2.24) is 0 Å². The van der Waals surface area contributed by atoms with Gasteiger partial charge < -0.3 is 4.89 Å². The predicted octanol–water partition coefficient (Wildman–Crippen LogP) is 0.854. The highest BCUT2D eigenvalue weighted by atomic mass is 32.2. The van der Waals surface area contributed by atoms with Crippen molar-refractivity contribution in [2.75, 3.05) is 11.5 Å². The third-order valence-electron chi connectivity index (χ3n) is 1.73. The fourth-order valence-corrected chi connectivity index (χ4v) is 2.31. The minimum atomic E-state index is -3.19. The van der Waals surface area contributed by atoms with Crippen LogP contribution in [-0.4, -0.2) is 31.2 Å². The summed E-state index contributed by atoms with van der Waals surface area (Å²) in [6.45, 7) is 3.86. The molecule has 0 bridgehead atoms. The lowest BCUT2D eigenvalue weighted by Gasteiger charge is -2.05. The number of hydrogen-bond acceptors (Lipinski definition) is 5. The van der Waals surface area contributed by atoms with Crippen molar-refractivity contribution in [3.8, 4) is 0 Å². The summed E-state index contributed by atoms with van der Waals surface area (Å²) in [4.78, 5) is 13.8. The maximum absolute atomic E-state index is 11.3. The fraction of sp³-hybridized carbons (Fsp3) is 0.875. The van der Waals surface area contributed by atoms with E-state index >= 15 is 0 Å². The van der Waals surface area contributed by atoms with Crippen LogP contribution in [0.1, 0.15) is 26.7 Å². The Hall–Kier alpha value is -0.620. The Morgan fingerprint density at radius 2 is 1.93 bits per heavy atom. The smallest absolute Gasteiger partial charge is 0.301 e. The quantitative estimate of drug-likeness (QED) is 0.534. The monoisotopic (exact) mass is 224 g/mol. The van der Waals surface area contributed by atoms with Gasteiger partial charge in [-0.15, -0.1) is 0 Å². The van der Waals surface area contributed by atoms with Crippen LogP contribution in [0.4, 0.5) is 0 Å². The summed E-state index contributed by atoms with van der Waals surface area (Å²) in [6.07, 6.45) is 0.285. The standard InChI is InChI=1S/C8H16O5S/c1-7(2)3-5-14(11,12)6-4-8(9)13-10/h7,10H,3-6H2,1-2H3. The van der Waals surface area contributed by atoms with Crippen LogP contribution >= 0.6 is 0 Å². The van der Waals surface area contributed by atoms with Crippen molar-refractivity contribution in [2.24, 2.45) is 5.92 Å². The first-order valence-corrected chi connectivity index (χ1v) is 6.24. The van der Waals surface area contributed by atoms with E-state index in [1.165, 1.54) is 0 Å². The van der Waals surface area contributed by atoms with Gasteiger partial charge in [0.05, 0.1) is 17.9 Å². The van der Waals surface area contributed by atoms with Gasteiger partial charge in [-0.2, -0.15) is 5.26 Å². The highest BCUT2D eigenvalue weighted by molar-refractivity contribution is 7.91. The Kier molecular flexibility index (Phi) is 5.71. The van der Waals surface area contributed by atoms with Gasteiger partial charge in [-0.05, 0) is 12.3 Å². The fourth-order valence-electron chi connectivity index (χ4n) is 0.802. The van der Waals surface area contributed by atoms with Crippen molar-refractivity contribution in [3.05, 3.63) is 0 Å². The topological polar surface area (TPSA) is 80.7 Å². The van der Waals surface area contributed by atoms with Crippen molar-refractivity contribution < 1.29 is 23.4 Å². The lowest BCUT2D eigenvalue weighted by atomic mass is 10.2. The molecule has 6 heteroatoms. The van der Waals surface area contributed by atoms with Gasteiger partial charge >= 0.3 is 5.97 Å². The molecule has 0 saturated carbocycles. The van der Waals surface area contributed by atoms with Crippen LogP contribution in [0.2, 0.25) is 0 Å². The molecular formula is C8H16O5S. The molecule has 0 unspecified atom stereocenters. The molecule has 0 fully saturated rings. The number of carbonyl (C=O) groups excluding carboxylic acids is 1. The summed E-state index contributed by atoms with van der Waals surface area (Å²) in [5, 5.41) is 7.91. The second kappa shape index (κ2) is 5.98. The van der Waals surface area contributed by atoms with Gasteiger partial charge in [0.25, 0.3) is 0 Å². The molecule has 0 aromatic rings. The molecule has 0 saturated heterocycles. The Balaban J connectivity index is 3.90. The summed E-state index contributed by atoms with van der Waals surface area (Å²) in [6, 6.07) is 0. The van der Waals surface area contributed by atoms with Crippen molar-refractivity contribution in [1.29, 1.82) is 0 Å². The largest absolute Gasteiger partial charge is 0.343 e. The summed E-state index contributed by atoms with van der Waals surface area (Å²) in [5.74, 6) is -0.796. The molecule has 0 aliphatic heterocycles. The van der Waals surface area contributed by atoms with E-state index in [4.69, 9.17) is 5.26 Å². The minimum absolute atomic E-state index is 0.0728. The molecule has 0 heterocycles. The maximum atomic E-state index is 11.3. The van der Waals surface area contributed by atoms with E-state index < -0.39 is 15.8 Å². The van der Waals surface area contributed by atoms with Crippen LogP contribution < -0.4 is 0 Å². The average Bonchev–Trinajstić information content (AvgIpc) is 2.11. The molecule has 5 nitrogen and oxygen atoms in total. The van der Waals surface area contributed by atoms with E-state index in [2.05, 4.69) is 4.89 Å². The summed E-state index contributed by atoms with van der Waals surface area (Å²) < 4.78 is 22.5. The first-order chi connectivity index (χ1) is 6.37. The molecule has 84 valence electrons. The molecular weight excluding hydrogens is 208 g/mol. The van der Waals surface area contributed by atoms with Gasteiger partial charge in [-0.25, -0.2) is 13.2 Å². The maximum Gasteiger partial charge on any atom is 0.343 e. The van der Waals surface area contributed by atoms with Crippen LogP contribution in [-0.2, 0) is 19.5 Å². The molecule has 0 aliphatic rings. The average molecular weight is 224 g/mol. The molecule has 0 atom stereocenters. The molecule has 0 radical (unpaired) electrons. The molecule has 0 amide bonds. The van der Waals surface area contributed by atoms with Gasteiger partial charge in [-0.3, -0.25) is 0 Å². The van der Waals surface area contributed by atoms with Crippen LogP contribution in [0.5, 0.6) is 0 Å². The molecule has 0 aliphatic carbocycles. The van der Waals surface area contributed by atoms with Crippen molar-refractivity contribution in [2.45, 2.75) is 26.7 Å². The Morgan fingerprint density at radius 1 is 1.36 bits per heavy atom. The van der Waals surface area contributed by atoms with Gasteiger partial charge in [0.1, 0.15) is 0 Å². The van der Waals surface area contributed by atoms with E-state index in [-0.39, 0.29) is 17.9 Å². The van der Waals surface area contributed by atoms with Gasteiger partial charge in [0.15, 0.2) is 9.84 Å².